The Kier molecular flexibility index (Phi) is 4.22. The van der Waals surface area contributed by atoms with Gasteiger partial charge in [0.1, 0.15) is 5.56 Å². The van der Waals surface area contributed by atoms with Crippen molar-refractivity contribution >= 4 is 17.3 Å². The van der Waals surface area contributed by atoms with Crippen molar-refractivity contribution in [3.63, 3.8) is 0 Å². The number of carbonyl (C=O) groups is 1. The number of anilines is 1. The minimum Gasteiger partial charge on any atom is -0.477 e. The minimum absolute atomic E-state index is 0.278. The van der Waals surface area contributed by atoms with Crippen molar-refractivity contribution in [2.45, 2.75) is 26.2 Å². The molecule has 6 nitrogen and oxygen atoms in total. The number of benzene rings is 1. The number of nitrogens with zero attached hydrogens (tertiary/aromatic N) is 1. The van der Waals surface area contributed by atoms with Crippen LogP contribution in [0.5, 0.6) is 0 Å². The molecule has 0 aliphatic heterocycles. The van der Waals surface area contributed by atoms with E-state index in [4.69, 9.17) is 5.11 Å². The summed E-state index contributed by atoms with van der Waals surface area (Å²) in [4.78, 5) is 21.1. The van der Waals surface area contributed by atoms with E-state index in [0.29, 0.717) is 11.6 Å². The van der Waals surface area contributed by atoms with Crippen LogP contribution in [-0.2, 0) is 0 Å². The molecule has 1 fully saturated rings. The highest BCUT2D eigenvalue weighted by Gasteiger charge is 2.22. The van der Waals surface area contributed by atoms with Crippen molar-refractivity contribution in [2.75, 3.05) is 11.9 Å². The number of rotatable bonds is 5. The standard InChI is InChI=1S/C14H18N2O4/c1-9-2-3-10(6-9)8-15-11-4-5-13(16(19)20)12(7-11)14(17)18/h4-5,7,9-10,15H,2-3,6,8H2,1H3,(H,17,18). The van der Waals surface area contributed by atoms with Gasteiger partial charge in [-0.05, 0) is 36.8 Å². The summed E-state index contributed by atoms with van der Waals surface area (Å²) in [7, 11) is 0. The number of nitro groups is 1. The molecule has 0 radical (unpaired) electrons. The maximum absolute atomic E-state index is 11.0. The minimum atomic E-state index is -1.28. The SMILES string of the molecule is CC1CCC(CNc2ccc([N+](=O)[O-])c(C(=O)O)c2)C1. The van der Waals surface area contributed by atoms with Crippen molar-refractivity contribution in [3.8, 4) is 0 Å². The Bertz CT molecular complexity index is 530. The number of nitro benzene ring substituents is 1. The molecule has 0 aromatic heterocycles. The van der Waals surface area contributed by atoms with Gasteiger partial charge in [0, 0.05) is 18.3 Å². The maximum atomic E-state index is 11.0. The van der Waals surface area contributed by atoms with Crippen molar-refractivity contribution in [1.29, 1.82) is 0 Å². The van der Waals surface area contributed by atoms with Crippen LogP contribution < -0.4 is 5.32 Å². The number of hydrogen-bond donors (Lipinski definition) is 2. The lowest BCUT2D eigenvalue weighted by Crippen LogP contribution is -2.12. The van der Waals surface area contributed by atoms with Crippen LogP contribution >= 0.6 is 0 Å². The fourth-order valence-corrected chi connectivity index (χ4v) is 2.75. The fraction of sp³-hybridized carbons (Fsp3) is 0.500. The summed E-state index contributed by atoms with van der Waals surface area (Å²) in [6.07, 6.45) is 3.58. The van der Waals surface area contributed by atoms with Gasteiger partial charge in [-0.1, -0.05) is 13.3 Å². The van der Waals surface area contributed by atoms with Gasteiger partial charge < -0.3 is 10.4 Å². The first kappa shape index (κ1) is 14.3. The predicted octanol–water partition coefficient (Wildman–Crippen LogP) is 3.14. The molecular formula is C14H18N2O4. The first-order valence-corrected chi connectivity index (χ1v) is 6.73. The van der Waals surface area contributed by atoms with Crippen LogP contribution in [0.4, 0.5) is 11.4 Å². The fourth-order valence-electron chi connectivity index (χ4n) is 2.75. The zero-order valence-corrected chi connectivity index (χ0v) is 11.3. The normalized spacial score (nSPS) is 21.6. The summed E-state index contributed by atoms with van der Waals surface area (Å²) in [6.45, 7) is 3.01. The molecule has 1 aliphatic carbocycles. The number of carboxylic acids is 1. The van der Waals surface area contributed by atoms with Gasteiger partial charge in [-0.25, -0.2) is 4.79 Å². The second-order valence-electron chi connectivity index (χ2n) is 5.46. The molecule has 6 heteroatoms. The molecule has 1 aromatic carbocycles. The zero-order valence-electron chi connectivity index (χ0n) is 11.3. The van der Waals surface area contributed by atoms with Crippen LogP contribution in [0, 0.1) is 22.0 Å². The molecule has 2 rings (SSSR count). The smallest absolute Gasteiger partial charge is 0.342 e. The molecule has 108 valence electrons. The van der Waals surface area contributed by atoms with E-state index < -0.39 is 10.9 Å². The number of nitrogens with one attached hydrogen (secondary N) is 1. The molecule has 0 bridgehead atoms. The molecule has 0 saturated heterocycles. The first-order valence-electron chi connectivity index (χ1n) is 6.73. The van der Waals surface area contributed by atoms with Crippen molar-refractivity contribution in [1.82, 2.24) is 0 Å². The Balaban J connectivity index is 2.07. The molecule has 2 N–H and O–H groups in total. The average molecular weight is 278 g/mol. The highest BCUT2D eigenvalue weighted by Crippen LogP contribution is 2.30. The van der Waals surface area contributed by atoms with Crippen molar-refractivity contribution in [3.05, 3.63) is 33.9 Å². The van der Waals surface area contributed by atoms with E-state index in [0.717, 1.165) is 12.5 Å². The van der Waals surface area contributed by atoms with Crippen molar-refractivity contribution in [2.24, 2.45) is 11.8 Å². The van der Waals surface area contributed by atoms with Gasteiger partial charge in [0.15, 0.2) is 0 Å². The summed E-state index contributed by atoms with van der Waals surface area (Å²) in [5.74, 6) is 0.0524. The van der Waals surface area contributed by atoms with E-state index in [9.17, 15) is 14.9 Å². The van der Waals surface area contributed by atoms with E-state index in [1.165, 1.54) is 31.4 Å². The predicted molar refractivity (Wildman–Crippen MR) is 75.1 cm³/mol. The van der Waals surface area contributed by atoms with Gasteiger partial charge in [-0.2, -0.15) is 0 Å². The van der Waals surface area contributed by atoms with E-state index in [1.807, 2.05) is 0 Å². The molecule has 1 aromatic rings. The topological polar surface area (TPSA) is 92.5 Å². The summed E-state index contributed by atoms with van der Waals surface area (Å²) in [5, 5.41) is 23.0. The molecule has 1 aliphatic rings. The lowest BCUT2D eigenvalue weighted by Gasteiger charge is -2.12. The zero-order chi connectivity index (χ0) is 14.7. The Labute approximate surface area is 117 Å². The van der Waals surface area contributed by atoms with Gasteiger partial charge in [0.25, 0.3) is 5.69 Å². The monoisotopic (exact) mass is 278 g/mol. The molecule has 0 amide bonds. The van der Waals surface area contributed by atoms with Crippen LogP contribution in [0.15, 0.2) is 18.2 Å². The molecule has 20 heavy (non-hydrogen) atoms. The third-order valence-corrected chi connectivity index (χ3v) is 3.82. The molecule has 1 saturated carbocycles. The molecule has 0 spiro atoms. The largest absolute Gasteiger partial charge is 0.477 e. The quantitative estimate of drug-likeness (QED) is 0.637. The van der Waals surface area contributed by atoms with Crippen LogP contribution in [0.3, 0.4) is 0 Å². The molecular weight excluding hydrogens is 260 g/mol. The van der Waals surface area contributed by atoms with Crippen LogP contribution in [-0.4, -0.2) is 22.5 Å². The average Bonchev–Trinajstić information content (AvgIpc) is 2.81. The summed E-state index contributed by atoms with van der Waals surface area (Å²) in [6, 6.07) is 4.13. The van der Waals surface area contributed by atoms with Crippen LogP contribution in [0.2, 0.25) is 0 Å². The van der Waals surface area contributed by atoms with E-state index in [-0.39, 0.29) is 11.3 Å². The first-order chi connectivity index (χ1) is 9.47. The molecule has 0 heterocycles. The Morgan fingerprint density at radius 2 is 2.25 bits per heavy atom. The van der Waals surface area contributed by atoms with Crippen LogP contribution in [0.1, 0.15) is 36.5 Å². The van der Waals surface area contributed by atoms with Crippen LogP contribution in [0.25, 0.3) is 0 Å². The lowest BCUT2D eigenvalue weighted by atomic mass is 10.1. The highest BCUT2D eigenvalue weighted by molar-refractivity contribution is 5.93. The van der Waals surface area contributed by atoms with E-state index in [2.05, 4.69) is 12.2 Å². The number of aromatic carboxylic acids is 1. The lowest BCUT2D eigenvalue weighted by molar-refractivity contribution is -0.385. The Morgan fingerprint density at radius 3 is 2.80 bits per heavy atom. The second-order valence-corrected chi connectivity index (χ2v) is 5.46. The van der Waals surface area contributed by atoms with Gasteiger partial charge in [0.2, 0.25) is 0 Å². The molecule has 2 unspecified atom stereocenters. The summed E-state index contributed by atoms with van der Waals surface area (Å²) < 4.78 is 0. The van der Waals surface area contributed by atoms with E-state index >= 15 is 0 Å². The van der Waals surface area contributed by atoms with Gasteiger partial charge in [-0.3, -0.25) is 10.1 Å². The van der Waals surface area contributed by atoms with E-state index in [1.54, 1.807) is 6.07 Å². The Hall–Kier alpha value is -2.11. The number of carboxylic acid groups (broad SMARTS) is 1. The number of hydrogen-bond acceptors (Lipinski definition) is 4. The summed E-state index contributed by atoms with van der Waals surface area (Å²) >= 11 is 0. The van der Waals surface area contributed by atoms with Gasteiger partial charge >= 0.3 is 5.97 Å². The van der Waals surface area contributed by atoms with Gasteiger partial charge in [0.05, 0.1) is 4.92 Å². The third kappa shape index (κ3) is 3.26. The Morgan fingerprint density at radius 1 is 1.50 bits per heavy atom. The van der Waals surface area contributed by atoms with Crippen molar-refractivity contribution < 1.29 is 14.8 Å². The molecule has 2 atom stereocenters. The maximum Gasteiger partial charge on any atom is 0.342 e. The highest BCUT2D eigenvalue weighted by atomic mass is 16.6. The second kappa shape index (κ2) is 5.90. The summed E-state index contributed by atoms with van der Waals surface area (Å²) in [5.41, 5.74) is -0.0371. The third-order valence-electron chi connectivity index (χ3n) is 3.82. The van der Waals surface area contributed by atoms with Gasteiger partial charge in [-0.15, -0.1) is 0 Å².